The summed E-state index contributed by atoms with van der Waals surface area (Å²) in [5, 5.41) is 13.4. The molecule has 0 aliphatic heterocycles. The van der Waals surface area contributed by atoms with Gasteiger partial charge in [-0.2, -0.15) is 0 Å². The molecular weight excluding hydrogens is 390 g/mol. The van der Waals surface area contributed by atoms with Crippen LogP contribution >= 0.6 is 0 Å². The van der Waals surface area contributed by atoms with Gasteiger partial charge in [0.25, 0.3) is 0 Å². The van der Waals surface area contributed by atoms with Crippen LogP contribution in [0.15, 0.2) is 78.9 Å². The average Bonchev–Trinajstić information content (AvgIpc) is 2.85. The van der Waals surface area contributed by atoms with Crippen molar-refractivity contribution in [1.82, 2.24) is 5.32 Å². The summed E-state index contributed by atoms with van der Waals surface area (Å²) in [4.78, 5) is 0. The highest BCUT2D eigenvalue weighted by molar-refractivity contribution is 5.49. The van der Waals surface area contributed by atoms with E-state index >= 15 is 0 Å². The summed E-state index contributed by atoms with van der Waals surface area (Å²) in [7, 11) is 3.30. The van der Waals surface area contributed by atoms with Crippen molar-refractivity contribution in [3.05, 3.63) is 95.6 Å². The van der Waals surface area contributed by atoms with Gasteiger partial charge in [-0.1, -0.05) is 61.5 Å². The highest BCUT2D eigenvalue weighted by Crippen LogP contribution is 2.42. The Kier molecular flexibility index (Phi) is 8.06. The number of rotatable bonds is 11. The first-order valence-electron chi connectivity index (χ1n) is 10.5. The Bertz CT molecular complexity index is 863. The molecule has 5 nitrogen and oxygen atoms in total. The van der Waals surface area contributed by atoms with Crippen molar-refractivity contribution in [3.63, 3.8) is 0 Å². The molecule has 0 aliphatic carbocycles. The molecule has 0 spiro atoms. The zero-order valence-corrected chi connectivity index (χ0v) is 18.4. The number of hydrogen-bond acceptors (Lipinski definition) is 5. The van der Waals surface area contributed by atoms with E-state index in [4.69, 9.17) is 14.2 Å². The van der Waals surface area contributed by atoms with Crippen molar-refractivity contribution in [2.75, 3.05) is 33.9 Å². The second-order valence-electron chi connectivity index (χ2n) is 7.23. The smallest absolute Gasteiger partial charge is 0.144 e. The van der Waals surface area contributed by atoms with Crippen LogP contribution in [0.4, 0.5) is 0 Å². The Balaban J connectivity index is 2.22. The topological polar surface area (TPSA) is 60.0 Å². The van der Waals surface area contributed by atoms with Crippen LogP contribution in [0.1, 0.15) is 23.6 Å². The van der Waals surface area contributed by atoms with Gasteiger partial charge in [-0.05, 0) is 47.5 Å². The maximum absolute atomic E-state index is 10.1. The number of benzene rings is 3. The SMILES string of the molecule is CCNCC(CO)OC(c1ccccc1)(c1ccc(OC)cc1)c1ccc(OC)cc1. The number of likely N-dealkylation sites (N-methyl/N-ethyl adjacent to an activating group) is 1. The molecule has 3 aromatic carbocycles. The van der Waals surface area contributed by atoms with Crippen LogP contribution in [-0.4, -0.2) is 45.1 Å². The highest BCUT2D eigenvalue weighted by atomic mass is 16.5. The van der Waals surface area contributed by atoms with Gasteiger partial charge >= 0.3 is 0 Å². The van der Waals surface area contributed by atoms with Gasteiger partial charge in [0.1, 0.15) is 17.1 Å². The molecule has 31 heavy (non-hydrogen) atoms. The molecule has 0 aromatic heterocycles. The summed E-state index contributed by atoms with van der Waals surface area (Å²) in [6, 6.07) is 25.8. The number of aliphatic hydroxyl groups is 1. The van der Waals surface area contributed by atoms with Crippen LogP contribution in [0, 0.1) is 0 Å². The lowest BCUT2D eigenvalue weighted by Crippen LogP contribution is -2.42. The van der Waals surface area contributed by atoms with E-state index in [2.05, 4.69) is 17.4 Å². The molecule has 0 radical (unpaired) electrons. The van der Waals surface area contributed by atoms with Crippen LogP contribution in [-0.2, 0) is 10.3 Å². The van der Waals surface area contributed by atoms with Crippen LogP contribution in [0.25, 0.3) is 0 Å². The standard InChI is InChI=1S/C26H31NO4/c1-4-27-18-25(19-28)31-26(20-8-6-5-7-9-20,21-10-14-23(29-2)15-11-21)22-12-16-24(30-3)17-13-22/h5-17,25,27-28H,4,18-19H2,1-3H3. The molecule has 0 saturated heterocycles. The molecular formula is C26H31NO4. The molecule has 0 saturated carbocycles. The second-order valence-corrected chi connectivity index (χ2v) is 7.23. The fraction of sp³-hybridized carbons (Fsp3) is 0.308. The molecule has 1 unspecified atom stereocenters. The predicted octanol–water partition coefficient (Wildman–Crippen LogP) is 3.98. The summed E-state index contributed by atoms with van der Waals surface area (Å²) in [5.74, 6) is 1.54. The van der Waals surface area contributed by atoms with Crippen molar-refractivity contribution in [2.24, 2.45) is 0 Å². The molecule has 0 fully saturated rings. The lowest BCUT2D eigenvalue weighted by atomic mass is 9.79. The molecule has 0 amide bonds. The van der Waals surface area contributed by atoms with E-state index < -0.39 is 11.7 Å². The summed E-state index contributed by atoms with van der Waals surface area (Å²) in [5.41, 5.74) is 1.93. The van der Waals surface area contributed by atoms with Gasteiger partial charge in [-0.3, -0.25) is 0 Å². The number of aliphatic hydroxyl groups excluding tert-OH is 1. The van der Waals surface area contributed by atoms with E-state index in [1.807, 2.05) is 73.7 Å². The lowest BCUT2D eigenvalue weighted by molar-refractivity contribution is -0.0679. The zero-order chi connectivity index (χ0) is 22.1. The lowest BCUT2D eigenvalue weighted by Gasteiger charge is -2.39. The summed E-state index contributed by atoms with van der Waals surface area (Å²) >= 11 is 0. The first kappa shape index (κ1) is 22.8. The minimum absolute atomic E-state index is 0.103. The van der Waals surface area contributed by atoms with E-state index in [1.54, 1.807) is 14.2 Å². The molecule has 3 aromatic rings. The van der Waals surface area contributed by atoms with Crippen LogP contribution in [0.3, 0.4) is 0 Å². The number of methoxy groups -OCH3 is 2. The minimum atomic E-state index is -0.928. The Morgan fingerprint density at radius 3 is 1.68 bits per heavy atom. The van der Waals surface area contributed by atoms with Crippen molar-refractivity contribution in [2.45, 2.75) is 18.6 Å². The van der Waals surface area contributed by atoms with Gasteiger partial charge in [0, 0.05) is 6.54 Å². The third-order valence-corrected chi connectivity index (χ3v) is 5.34. The molecule has 0 heterocycles. The Morgan fingerprint density at radius 2 is 1.26 bits per heavy atom. The van der Waals surface area contributed by atoms with Crippen LogP contribution in [0.5, 0.6) is 11.5 Å². The van der Waals surface area contributed by atoms with Gasteiger partial charge in [-0.25, -0.2) is 0 Å². The number of hydrogen-bond donors (Lipinski definition) is 2. The van der Waals surface area contributed by atoms with E-state index in [0.29, 0.717) is 6.54 Å². The summed E-state index contributed by atoms with van der Waals surface area (Å²) in [6.07, 6.45) is -0.413. The van der Waals surface area contributed by atoms with Crippen molar-refractivity contribution < 1.29 is 19.3 Å². The molecule has 1 atom stereocenters. The molecule has 2 N–H and O–H groups in total. The summed E-state index contributed by atoms with van der Waals surface area (Å²) < 4.78 is 17.5. The normalized spacial score (nSPS) is 12.4. The average molecular weight is 422 g/mol. The summed E-state index contributed by atoms with van der Waals surface area (Å²) in [6.45, 7) is 3.26. The molecule has 0 aliphatic rings. The monoisotopic (exact) mass is 421 g/mol. The highest BCUT2D eigenvalue weighted by Gasteiger charge is 2.40. The van der Waals surface area contributed by atoms with Gasteiger partial charge in [0.2, 0.25) is 0 Å². The second kappa shape index (κ2) is 11.0. The molecule has 164 valence electrons. The van der Waals surface area contributed by atoms with Crippen molar-refractivity contribution >= 4 is 0 Å². The van der Waals surface area contributed by atoms with Gasteiger partial charge < -0.3 is 24.6 Å². The first-order valence-corrected chi connectivity index (χ1v) is 10.5. The van der Waals surface area contributed by atoms with Crippen LogP contribution < -0.4 is 14.8 Å². The van der Waals surface area contributed by atoms with E-state index in [9.17, 15) is 5.11 Å². The number of ether oxygens (including phenoxy) is 3. The first-order chi connectivity index (χ1) is 15.2. The maximum Gasteiger partial charge on any atom is 0.144 e. The number of nitrogens with one attached hydrogen (secondary N) is 1. The zero-order valence-electron chi connectivity index (χ0n) is 18.4. The van der Waals surface area contributed by atoms with E-state index in [1.165, 1.54) is 0 Å². The Morgan fingerprint density at radius 1 is 0.774 bits per heavy atom. The predicted molar refractivity (Wildman–Crippen MR) is 123 cm³/mol. The van der Waals surface area contributed by atoms with Crippen molar-refractivity contribution in [1.29, 1.82) is 0 Å². The fourth-order valence-corrected chi connectivity index (χ4v) is 3.73. The van der Waals surface area contributed by atoms with E-state index in [-0.39, 0.29) is 6.61 Å². The van der Waals surface area contributed by atoms with Crippen LogP contribution in [0.2, 0.25) is 0 Å². The Hall–Kier alpha value is -2.86. The quantitative estimate of drug-likeness (QED) is 0.459. The maximum atomic E-state index is 10.1. The van der Waals surface area contributed by atoms with E-state index in [0.717, 1.165) is 34.7 Å². The third kappa shape index (κ3) is 5.07. The largest absolute Gasteiger partial charge is 0.497 e. The molecule has 5 heteroatoms. The van der Waals surface area contributed by atoms with Gasteiger partial charge in [0.05, 0.1) is 26.9 Å². The minimum Gasteiger partial charge on any atom is -0.497 e. The van der Waals surface area contributed by atoms with Gasteiger partial charge in [0.15, 0.2) is 0 Å². The van der Waals surface area contributed by atoms with Gasteiger partial charge in [-0.15, -0.1) is 0 Å². The molecule has 0 bridgehead atoms. The fourth-order valence-electron chi connectivity index (χ4n) is 3.73. The third-order valence-electron chi connectivity index (χ3n) is 5.34. The van der Waals surface area contributed by atoms with Crippen molar-refractivity contribution in [3.8, 4) is 11.5 Å². The Labute approximate surface area is 184 Å². The molecule has 3 rings (SSSR count).